The highest BCUT2D eigenvalue weighted by Gasteiger charge is 2.07. The molecular weight excluding hydrogens is 240 g/mol. The van der Waals surface area contributed by atoms with E-state index in [2.05, 4.69) is 30.6 Å². The summed E-state index contributed by atoms with van der Waals surface area (Å²) in [5, 5.41) is 6.33. The molecule has 0 aromatic carbocycles. The smallest absolute Gasteiger partial charge is 0.135 e. The SMILES string of the molecule is CNc1nc(C)nc(NCc2cnc(C)cn2)c1C. The van der Waals surface area contributed by atoms with Gasteiger partial charge in [0.05, 0.1) is 24.1 Å². The highest BCUT2D eigenvalue weighted by Crippen LogP contribution is 2.19. The van der Waals surface area contributed by atoms with Crippen LogP contribution in [-0.2, 0) is 6.54 Å². The number of anilines is 2. The van der Waals surface area contributed by atoms with E-state index >= 15 is 0 Å². The topological polar surface area (TPSA) is 75.6 Å². The summed E-state index contributed by atoms with van der Waals surface area (Å²) in [5.74, 6) is 2.39. The van der Waals surface area contributed by atoms with Crippen LogP contribution in [-0.4, -0.2) is 27.0 Å². The Morgan fingerprint density at radius 1 is 1.00 bits per heavy atom. The van der Waals surface area contributed by atoms with Gasteiger partial charge in [-0.3, -0.25) is 9.97 Å². The van der Waals surface area contributed by atoms with Crippen molar-refractivity contribution in [3.8, 4) is 0 Å². The van der Waals surface area contributed by atoms with Crippen molar-refractivity contribution in [2.24, 2.45) is 0 Å². The Kier molecular flexibility index (Phi) is 3.89. The Balaban J connectivity index is 2.15. The fraction of sp³-hybridized carbons (Fsp3) is 0.385. The molecule has 0 aliphatic heterocycles. The van der Waals surface area contributed by atoms with E-state index in [1.54, 1.807) is 12.4 Å². The molecule has 2 aromatic rings. The lowest BCUT2D eigenvalue weighted by atomic mass is 10.3. The molecular formula is C13H18N6. The third-order valence-electron chi connectivity index (χ3n) is 2.77. The summed E-state index contributed by atoms with van der Waals surface area (Å²) >= 11 is 0. The number of aryl methyl sites for hydroxylation is 2. The molecule has 0 atom stereocenters. The normalized spacial score (nSPS) is 10.3. The number of aromatic nitrogens is 4. The van der Waals surface area contributed by atoms with Gasteiger partial charge in [0.1, 0.15) is 17.5 Å². The maximum absolute atomic E-state index is 4.40. The zero-order valence-electron chi connectivity index (χ0n) is 11.7. The van der Waals surface area contributed by atoms with E-state index < -0.39 is 0 Å². The lowest BCUT2D eigenvalue weighted by Crippen LogP contribution is -2.09. The third kappa shape index (κ3) is 3.15. The van der Waals surface area contributed by atoms with Gasteiger partial charge in [0.2, 0.25) is 0 Å². The summed E-state index contributed by atoms with van der Waals surface area (Å²) in [6, 6.07) is 0. The lowest BCUT2D eigenvalue weighted by Gasteiger charge is -2.12. The average Bonchev–Trinajstić information content (AvgIpc) is 2.41. The second-order valence-electron chi connectivity index (χ2n) is 4.35. The molecule has 0 spiro atoms. The largest absolute Gasteiger partial charge is 0.373 e. The fourth-order valence-corrected chi connectivity index (χ4v) is 1.73. The summed E-state index contributed by atoms with van der Waals surface area (Å²) in [4.78, 5) is 17.3. The van der Waals surface area contributed by atoms with Crippen molar-refractivity contribution in [1.82, 2.24) is 19.9 Å². The molecule has 2 rings (SSSR count). The van der Waals surface area contributed by atoms with Crippen LogP contribution in [0.5, 0.6) is 0 Å². The lowest BCUT2D eigenvalue weighted by molar-refractivity contribution is 0.956. The minimum atomic E-state index is 0.591. The maximum Gasteiger partial charge on any atom is 0.135 e. The Morgan fingerprint density at radius 3 is 2.37 bits per heavy atom. The van der Waals surface area contributed by atoms with Crippen molar-refractivity contribution in [3.63, 3.8) is 0 Å². The van der Waals surface area contributed by atoms with Crippen LogP contribution in [0.4, 0.5) is 11.6 Å². The maximum atomic E-state index is 4.40. The van der Waals surface area contributed by atoms with E-state index in [4.69, 9.17) is 0 Å². The minimum Gasteiger partial charge on any atom is -0.373 e. The first-order valence-electron chi connectivity index (χ1n) is 6.14. The molecule has 0 unspecified atom stereocenters. The van der Waals surface area contributed by atoms with Gasteiger partial charge in [-0.25, -0.2) is 9.97 Å². The van der Waals surface area contributed by atoms with Crippen molar-refractivity contribution in [2.45, 2.75) is 27.3 Å². The molecule has 0 radical (unpaired) electrons. The number of hydrogen-bond donors (Lipinski definition) is 2. The molecule has 100 valence electrons. The van der Waals surface area contributed by atoms with Crippen molar-refractivity contribution < 1.29 is 0 Å². The van der Waals surface area contributed by atoms with Gasteiger partial charge in [0, 0.05) is 18.8 Å². The van der Waals surface area contributed by atoms with Gasteiger partial charge in [-0.2, -0.15) is 0 Å². The van der Waals surface area contributed by atoms with Crippen LogP contribution in [0.1, 0.15) is 22.8 Å². The number of nitrogens with zero attached hydrogens (tertiary/aromatic N) is 4. The van der Waals surface area contributed by atoms with Crippen LogP contribution in [0.2, 0.25) is 0 Å². The van der Waals surface area contributed by atoms with Crippen molar-refractivity contribution in [1.29, 1.82) is 0 Å². The molecule has 0 bridgehead atoms. The van der Waals surface area contributed by atoms with E-state index in [0.29, 0.717) is 6.54 Å². The average molecular weight is 258 g/mol. The monoisotopic (exact) mass is 258 g/mol. The zero-order chi connectivity index (χ0) is 13.8. The Hall–Kier alpha value is -2.24. The molecule has 2 N–H and O–H groups in total. The Bertz CT molecular complexity index is 564. The first-order chi connectivity index (χ1) is 9.10. The van der Waals surface area contributed by atoms with E-state index in [1.807, 2.05) is 27.8 Å². The quantitative estimate of drug-likeness (QED) is 0.871. The highest BCUT2D eigenvalue weighted by molar-refractivity contribution is 5.56. The van der Waals surface area contributed by atoms with Crippen LogP contribution in [0.3, 0.4) is 0 Å². The standard InChI is InChI=1S/C13H18N6/c1-8-5-16-11(6-15-8)7-17-13-9(2)12(14-4)18-10(3)19-13/h5-6H,7H2,1-4H3,(H2,14,17,18,19). The molecule has 0 aliphatic rings. The van der Waals surface area contributed by atoms with E-state index in [0.717, 1.165) is 34.4 Å². The van der Waals surface area contributed by atoms with Crippen LogP contribution in [0.15, 0.2) is 12.4 Å². The van der Waals surface area contributed by atoms with Crippen molar-refractivity contribution in [2.75, 3.05) is 17.7 Å². The van der Waals surface area contributed by atoms with Gasteiger partial charge in [-0.15, -0.1) is 0 Å². The molecule has 2 heterocycles. The molecule has 0 aliphatic carbocycles. The molecule has 6 nitrogen and oxygen atoms in total. The van der Waals surface area contributed by atoms with Gasteiger partial charge < -0.3 is 10.6 Å². The first-order valence-corrected chi connectivity index (χ1v) is 6.14. The number of nitrogens with one attached hydrogen (secondary N) is 2. The summed E-state index contributed by atoms with van der Waals surface area (Å²) < 4.78 is 0. The Labute approximate surface area is 112 Å². The van der Waals surface area contributed by atoms with Crippen LogP contribution in [0.25, 0.3) is 0 Å². The number of rotatable bonds is 4. The third-order valence-corrected chi connectivity index (χ3v) is 2.77. The fourth-order valence-electron chi connectivity index (χ4n) is 1.73. The van der Waals surface area contributed by atoms with Crippen LogP contribution < -0.4 is 10.6 Å². The van der Waals surface area contributed by atoms with E-state index in [1.165, 1.54) is 0 Å². The second kappa shape index (κ2) is 5.60. The summed E-state index contributed by atoms with van der Waals surface area (Å²) in [7, 11) is 1.85. The highest BCUT2D eigenvalue weighted by atomic mass is 15.1. The van der Waals surface area contributed by atoms with Crippen LogP contribution in [0, 0.1) is 20.8 Å². The molecule has 2 aromatic heterocycles. The molecule has 6 heteroatoms. The predicted octanol–water partition coefficient (Wildman–Crippen LogP) is 1.85. The molecule has 0 saturated heterocycles. The van der Waals surface area contributed by atoms with Crippen LogP contribution >= 0.6 is 0 Å². The number of hydrogen-bond acceptors (Lipinski definition) is 6. The first kappa shape index (κ1) is 13.2. The van der Waals surface area contributed by atoms with Gasteiger partial charge in [0.15, 0.2) is 0 Å². The molecule has 0 saturated carbocycles. The summed E-state index contributed by atoms with van der Waals surface area (Å²) in [6.07, 6.45) is 3.53. The zero-order valence-corrected chi connectivity index (χ0v) is 11.7. The van der Waals surface area contributed by atoms with Crippen molar-refractivity contribution in [3.05, 3.63) is 35.2 Å². The van der Waals surface area contributed by atoms with E-state index in [-0.39, 0.29) is 0 Å². The summed E-state index contributed by atoms with van der Waals surface area (Å²) in [5.41, 5.74) is 2.79. The Morgan fingerprint density at radius 2 is 1.74 bits per heavy atom. The minimum absolute atomic E-state index is 0.591. The molecule has 19 heavy (non-hydrogen) atoms. The predicted molar refractivity (Wildman–Crippen MR) is 75.1 cm³/mol. The van der Waals surface area contributed by atoms with Gasteiger partial charge in [-0.1, -0.05) is 0 Å². The molecule has 0 amide bonds. The van der Waals surface area contributed by atoms with Gasteiger partial charge in [-0.05, 0) is 20.8 Å². The molecule has 0 fully saturated rings. The van der Waals surface area contributed by atoms with Gasteiger partial charge >= 0.3 is 0 Å². The second-order valence-corrected chi connectivity index (χ2v) is 4.35. The van der Waals surface area contributed by atoms with Gasteiger partial charge in [0.25, 0.3) is 0 Å². The van der Waals surface area contributed by atoms with E-state index in [9.17, 15) is 0 Å². The van der Waals surface area contributed by atoms with Crippen molar-refractivity contribution >= 4 is 11.6 Å². The summed E-state index contributed by atoms with van der Waals surface area (Å²) in [6.45, 7) is 6.36.